The maximum absolute atomic E-state index is 9.94. The predicted octanol–water partition coefficient (Wildman–Crippen LogP) is 0.607. The van der Waals surface area contributed by atoms with Crippen molar-refractivity contribution in [3.8, 4) is 0 Å². The maximum atomic E-state index is 9.94. The molecule has 0 aromatic rings. The topological polar surface area (TPSA) is 32.3 Å². The van der Waals surface area contributed by atoms with Crippen molar-refractivity contribution in [2.24, 2.45) is 0 Å². The first kappa shape index (κ1) is 9.52. The summed E-state index contributed by atoms with van der Waals surface area (Å²) in [6.07, 6.45) is 5.77. The molecule has 1 aliphatic rings. The first-order valence-corrected chi connectivity index (χ1v) is 4.72. The number of carbonyl (C=O) groups excluding carboxylic acids is 1. The third-order valence-electron chi connectivity index (χ3n) is 2.61. The molecule has 1 saturated heterocycles. The summed E-state index contributed by atoms with van der Waals surface area (Å²) in [5, 5.41) is 2.69. The highest BCUT2D eigenvalue weighted by Crippen LogP contribution is 2.18. The van der Waals surface area contributed by atoms with Crippen molar-refractivity contribution >= 4 is 6.41 Å². The molecule has 1 heterocycles. The summed E-state index contributed by atoms with van der Waals surface area (Å²) in [6.45, 7) is 2.07. The highest BCUT2D eigenvalue weighted by atomic mass is 16.1. The van der Waals surface area contributed by atoms with Crippen LogP contribution < -0.4 is 5.32 Å². The van der Waals surface area contributed by atoms with Gasteiger partial charge in [-0.25, -0.2) is 0 Å². The molecule has 0 spiro atoms. The van der Waals surface area contributed by atoms with Gasteiger partial charge < -0.3 is 10.2 Å². The highest BCUT2D eigenvalue weighted by Gasteiger charge is 2.19. The molecular weight excluding hydrogens is 152 g/mol. The van der Waals surface area contributed by atoms with Crippen LogP contribution in [-0.4, -0.2) is 37.5 Å². The molecule has 0 aromatic heterocycles. The van der Waals surface area contributed by atoms with Gasteiger partial charge in [0.05, 0.1) is 0 Å². The van der Waals surface area contributed by atoms with Gasteiger partial charge in [0.2, 0.25) is 6.41 Å². The largest absolute Gasteiger partial charge is 0.359 e. The van der Waals surface area contributed by atoms with Crippen molar-refractivity contribution in [2.75, 3.05) is 20.1 Å². The van der Waals surface area contributed by atoms with Crippen LogP contribution in [0, 0.1) is 0 Å². The lowest BCUT2D eigenvalue weighted by atomic mass is 10.1. The van der Waals surface area contributed by atoms with E-state index in [1.807, 2.05) is 0 Å². The molecule has 70 valence electrons. The molecule has 1 fully saturated rings. The van der Waals surface area contributed by atoms with Crippen molar-refractivity contribution in [1.82, 2.24) is 10.2 Å². The molecule has 3 nitrogen and oxygen atoms in total. The van der Waals surface area contributed by atoms with Gasteiger partial charge >= 0.3 is 0 Å². The Labute approximate surface area is 74.1 Å². The lowest BCUT2D eigenvalue weighted by Crippen LogP contribution is -2.25. The molecular formula is C9H18N2O. The maximum Gasteiger partial charge on any atom is 0.207 e. The number of amides is 1. The van der Waals surface area contributed by atoms with E-state index in [1.54, 1.807) is 0 Å². The minimum absolute atomic E-state index is 0.762. The average molecular weight is 170 g/mol. The molecule has 12 heavy (non-hydrogen) atoms. The molecule has 1 atom stereocenters. The standard InChI is InChI=1S/C9H18N2O/c1-11-7-3-5-9(11)4-2-6-10-8-12/h8-9H,2-7H2,1H3,(H,10,12). The molecule has 0 aromatic carbocycles. The van der Waals surface area contributed by atoms with Gasteiger partial charge in [0.25, 0.3) is 0 Å². The first-order valence-electron chi connectivity index (χ1n) is 4.72. The third kappa shape index (κ3) is 2.81. The number of likely N-dealkylation sites (tertiary alicyclic amines) is 1. The van der Waals surface area contributed by atoms with Crippen molar-refractivity contribution in [3.63, 3.8) is 0 Å². The molecule has 3 heteroatoms. The fourth-order valence-corrected chi connectivity index (χ4v) is 1.84. The molecule has 1 N–H and O–H groups in total. The zero-order valence-corrected chi connectivity index (χ0v) is 7.75. The minimum atomic E-state index is 0.762. The fraction of sp³-hybridized carbons (Fsp3) is 0.889. The fourth-order valence-electron chi connectivity index (χ4n) is 1.84. The monoisotopic (exact) mass is 170 g/mol. The second kappa shape index (κ2) is 5.14. The summed E-state index contributed by atoms with van der Waals surface area (Å²) in [5.41, 5.74) is 0. The van der Waals surface area contributed by atoms with E-state index in [1.165, 1.54) is 25.8 Å². The zero-order valence-electron chi connectivity index (χ0n) is 7.75. The van der Waals surface area contributed by atoms with Gasteiger partial charge in [-0.1, -0.05) is 0 Å². The van der Waals surface area contributed by atoms with E-state index in [4.69, 9.17) is 0 Å². The molecule has 0 bridgehead atoms. The second-order valence-corrected chi connectivity index (χ2v) is 3.49. The Morgan fingerprint density at radius 1 is 1.67 bits per heavy atom. The SMILES string of the molecule is CN1CCCC1CCCNC=O. The van der Waals surface area contributed by atoms with Crippen LogP contribution >= 0.6 is 0 Å². The number of nitrogens with zero attached hydrogens (tertiary/aromatic N) is 1. The third-order valence-corrected chi connectivity index (χ3v) is 2.61. The van der Waals surface area contributed by atoms with Crippen LogP contribution in [0.1, 0.15) is 25.7 Å². The highest BCUT2D eigenvalue weighted by molar-refractivity contribution is 5.45. The Hall–Kier alpha value is -0.570. The van der Waals surface area contributed by atoms with E-state index < -0.39 is 0 Å². The molecule has 0 radical (unpaired) electrons. The van der Waals surface area contributed by atoms with E-state index in [9.17, 15) is 4.79 Å². The van der Waals surface area contributed by atoms with Crippen LogP contribution in [0.3, 0.4) is 0 Å². The number of hydrogen-bond donors (Lipinski definition) is 1. The van der Waals surface area contributed by atoms with E-state index in [0.29, 0.717) is 0 Å². The van der Waals surface area contributed by atoms with Gasteiger partial charge in [0.15, 0.2) is 0 Å². The van der Waals surface area contributed by atoms with Gasteiger partial charge in [0, 0.05) is 12.6 Å². The van der Waals surface area contributed by atoms with Crippen molar-refractivity contribution in [3.05, 3.63) is 0 Å². The van der Waals surface area contributed by atoms with Crippen molar-refractivity contribution in [2.45, 2.75) is 31.7 Å². The number of rotatable bonds is 5. The Balaban J connectivity index is 2.02. The van der Waals surface area contributed by atoms with Crippen LogP contribution in [0.15, 0.2) is 0 Å². The number of nitrogens with one attached hydrogen (secondary N) is 1. The van der Waals surface area contributed by atoms with Crippen LogP contribution in [0.25, 0.3) is 0 Å². The summed E-state index contributed by atoms with van der Waals surface area (Å²) >= 11 is 0. The van der Waals surface area contributed by atoms with Crippen molar-refractivity contribution < 1.29 is 4.79 Å². The Morgan fingerprint density at radius 3 is 3.08 bits per heavy atom. The van der Waals surface area contributed by atoms with Crippen LogP contribution in [0.5, 0.6) is 0 Å². The molecule has 0 aliphatic carbocycles. The summed E-state index contributed by atoms with van der Waals surface area (Å²) in [4.78, 5) is 12.4. The first-order chi connectivity index (χ1) is 5.84. The van der Waals surface area contributed by atoms with Crippen molar-refractivity contribution in [1.29, 1.82) is 0 Å². The van der Waals surface area contributed by atoms with Gasteiger partial charge in [-0.2, -0.15) is 0 Å². The summed E-state index contributed by atoms with van der Waals surface area (Å²) in [6, 6.07) is 0.762. The lowest BCUT2D eigenvalue weighted by molar-refractivity contribution is -0.109. The van der Waals surface area contributed by atoms with Gasteiger partial charge in [0.1, 0.15) is 0 Å². The molecule has 1 aliphatic heterocycles. The number of hydrogen-bond acceptors (Lipinski definition) is 2. The summed E-state index contributed by atoms with van der Waals surface area (Å²) < 4.78 is 0. The smallest absolute Gasteiger partial charge is 0.207 e. The second-order valence-electron chi connectivity index (χ2n) is 3.49. The number of carbonyl (C=O) groups is 1. The van der Waals surface area contributed by atoms with E-state index >= 15 is 0 Å². The normalized spacial score (nSPS) is 24.2. The molecule has 0 saturated carbocycles. The Kier molecular flexibility index (Phi) is 4.08. The van der Waals surface area contributed by atoms with Gasteiger partial charge in [-0.05, 0) is 39.3 Å². The van der Waals surface area contributed by atoms with Crippen LogP contribution in [0.2, 0.25) is 0 Å². The minimum Gasteiger partial charge on any atom is -0.359 e. The van der Waals surface area contributed by atoms with Gasteiger partial charge in [-0.3, -0.25) is 4.79 Å². The lowest BCUT2D eigenvalue weighted by Gasteiger charge is -2.18. The predicted molar refractivity (Wildman–Crippen MR) is 49.0 cm³/mol. The molecule has 1 rings (SSSR count). The molecule has 1 unspecified atom stereocenters. The summed E-state index contributed by atoms with van der Waals surface area (Å²) in [5.74, 6) is 0. The van der Waals surface area contributed by atoms with Gasteiger partial charge in [-0.15, -0.1) is 0 Å². The van der Waals surface area contributed by atoms with Crippen LogP contribution in [0.4, 0.5) is 0 Å². The van der Waals surface area contributed by atoms with E-state index in [2.05, 4.69) is 17.3 Å². The average Bonchev–Trinajstić information content (AvgIpc) is 2.46. The zero-order chi connectivity index (χ0) is 8.81. The molecule has 1 amide bonds. The van der Waals surface area contributed by atoms with E-state index in [0.717, 1.165) is 25.4 Å². The Morgan fingerprint density at radius 2 is 2.50 bits per heavy atom. The van der Waals surface area contributed by atoms with Crippen LogP contribution in [-0.2, 0) is 4.79 Å². The van der Waals surface area contributed by atoms with E-state index in [-0.39, 0.29) is 0 Å². The Bertz CT molecular complexity index is 138. The quantitative estimate of drug-likeness (QED) is 0.484. The summed E-state index contributed by atoms with van der Waals surface area (Å²) in [7, 11) is 2.19.